The Labute approximate surface area is 88.3 Å². The minimum atomic E-state index is -0.0524. The second-order valence-electron chi connectivity index (χ2n) is 3.43. The third-order valence-electron chi connectivity index (χ3n) is 2.20. The van der Waals surface area contributed by atoms with Crippen LogP contribution in [-0.2, 0) is 4.79 Å². The largest absolute Gasteiger partial charge is 0.334 e. The van der Waals surface area contributed by atoms with E-state index in [2.05, 4.69) is 16.2 Å². The molecule has 4 heteroatoms. The number of amides is 1. The highest BCUT2D eigenvalue weighted by Gasteiger charge is 2.22. The lowest BCUT2D eigenvalue weighted by Gasteiger charge is -2.28. The zero-order chi connectivity index (χ0) is 10.8. The molecule has 0 saturated heterocycles. The summed E-state index contributed by atoms with van der Waals surface area (Å²) in [5.41, 5.74) is 1.64. The maximum Gasteiger partial charge on any atom is 0.244 e. The number of fused-ring (bicyclic) bond motifs is 1. The first-order valence-electron chi connectivity index (χ1n) is 4.66. The van der Waals surface area contributed by atoms with E-state index in [0.29, 0.717) is 6.54 Å². The van der Waals surface area contributed by atoms with E-state index in [0.717, 1.165) is 17.2 Å². The average molecular weight is 201 g/mol. The highest BCUT2D eigenvalue weighted by atomic mass is 16.2. The van der Waals surface area contributed by atoms with Crippen LogP contribution in [0.5, 0.6) is 0 Å². The van der Waals surface area contributed by atoms with Crippen LogP contribution in [0.2, 0.25) is 0 Å². The highest BCUT2D eigenvalue weighted by molar-refractivity contribution is 6.00. The fraction of sp³-hybridized carbons (Fsp3) is 0.273. The van der Waals surface area contributed by atoms with E-state index in [9.17, 15) is 4.79 Å². The van der Waals surface area contributed by atoms with Gasteiger partial charge < -0.3 is 10.2 Å². The Morgan fingerprint density at radius 3 is 3.20 bits per heavy atom. The van der Waals surface area contributed by atoms with Gasteiger partial charge in [-0.15, -0.1) is 6.42 Å². The van der Waals surface area contributed by atoms with E-state index in [4.69, 9.17) is 6.42 Å². The number of nitrogens with one attached hydrogen (secondary N) is 1. The Balaban J connectivity index is 2.43. The molecule has 1 aromatic heterocycles. The standard InChI is InChI=1S/C11H11N3O/c1-3-6-14-7-10(15)13-9-5-4-8(2)12-11(9)14/h1,4-5H,6-7H2,2H3,(H,13,15). The van der Waals surface area contributed by atoms with Gasteiger partial charge in [-0.3, -0.25) is 4.79 Å². The van der Waals surface area contributed by atoms with E-state index in [1.165, 1.54) is 0 Å². The summed E-state index contributed by atoms with van der Waals surface area (Å²) in [5.74, 6) is 3.23. The van der Waals surface area contributed by atoms with Crippen molar-refractivity contribution in [3.8, 4) is 12.3 Å². The summed E-state index contributed by atoms with van der Waals surface area (Å²) in [7, 11) is 0. The van der Waals surface area contributed by atoms with Gasteiger partial charge in [0.1, 0.15) is 0 Å². The summed E-state index contributed by atoms with van der Waals surface area (Å²) in [5, 5.41) is 2.76. The van der Waals surface area contributed by atoms with Crippen molar-refractivity contribution in [2.75, 3.05) is 23.3 Å². The Morgan fingerprint density at radius 1 is 1.67 bits per heavy atom. The van der Waals surface area contributed by atoms with Gasteiger partial charge in [0, 0.05) is 5.69 Å². The van der Waals surface area contributed by atoms with E-state index in [1.807, 2.05) is 19.1 Å². The summed E-state index contributed by atoms with van der Waals surface area (Å²) in [6.07, 6.45) is 5.25. The molecular weight excluding hydrogens is 190 g/mol. The molecule has 0 radical (unpaired) electrons. The fourth-order valence-electron chi connectivity index (χ4n) is 1.56. The molecule has 0 spiro atoms. The molecule has 0 atom stereocenters. The van der Waals surface area contributed by atoms with E-state index in [-0.39, 0.29) is 12.5 Å². The topological polar surface area (TPSA) is 45.2 Å². The fourth-order valence-corrected chi connectivity index (χ4v) is 1.56. The van der Waals surface area contributed by atoms with Gasteiger partial charge in [-0.25, -0.2) is 4.98 Å². The molecule has 1 amide bonds. The first kappa shape index (κ1) is 9.53. The number of aromatic nitrogens is 1. The molecule has 1 aliphatic rings. The van der Waals surface area contributed by atoms with Crippen molar-refractivity contribution >= 4 is 17.4 Å². The van der Waals surface area contributed by atoms with Crippen LogP contribution in [0.15, 0.2) is 12.1 Å². The van der Waals surface area contributed by atoms with Crippen LogP contribution in [0, 0.1) is 19.3 Å². The van der Waals surface area contributed by atoms with Crippen molar-refractivity contribution in [2.24, 2.45) is 0 Å². The minimum Gasteiger partial charge on any atom is -0.334 e. The summed E-state index contributed by atoms with van der Waals surface area (Å²) < 4.78 is 0. The van der Waals surface area contributed by atoms with Crippen molar-refractivity contribution < 1.29 is 4.79 Å². The maximum absolute atomic E-state index is 11.3. The number of carbonyl (C=O) groups is 1. The van der Waals surface area contributed by atoms with Crippen molar-refractivity contribution in [3.05, 3.63) is 17.8 Å². The maximum atomic E-state index is 11.3. The molecular formula is C11H11N3O. The molecule has 15 heavy (non-hydrogen) atoms. The molecule has 0 aliphatic carbocycles. The third kappa shape index (κ3) is 1.77. The Kier molecular flexibility index (Phi) is 2.30. The second-order valence-corrected chi connectivity index (χ2v) is 3.43. The van der Waals surface area contributed by atoms with Crippen LogP contribution in [0.1, 0.15) is 5.69 Å². The molecule has 1 N–H and O–H groups in total. The lowest BCUT2D eigenvalue weighted by atomic mass is 10.2. The second kappa shape index (κ2) is 3.62. The average Bonchev–Trinajstić information content (AvgIpc) is 2.19. The number of pyridine rings is 1. The number of aryl methyl sites for hydroxylation is 1. The molecule has 1 aromatic rings. The van der Waals surface area contributed by atoms with E-state index < -0.39 is 0 Å². The monoisotopic (exact) mass is 201 g/mol. The van der Waals surface area contributed by atoms with Gasteiger partial charge in [0.25, 0.3) is 0 Å². The Morgan fingerprint density at radius 2 is 2.47 bits per heavy atom. The van der Waals surface area contributed by atoms with Crippen molar-refractivity contribution in [3.63, 3.8) is 0 Å². The molecule has 2 rings (SSSR count). The molecule has 0 fully saturated rings. The smallest absolute Gasteiger partial charge is 0.244 e. The summed E-state index contributed by atoms with van der Waals surface area (Å²) in [6, 6.07) is 3.71. The number of terminal acetylenes is 1. The zero-order valence-electron chi connectivity index (χ0n) is 8.45. The van der Waals surface area contributed by atoms with E-state index in [1.54, 1.807) is 4.90 Å². The predicted molar refractivity (Wildman–Crippen MR) is 58.6 cm³/mol. The number of carbonyl (C=O) groups excluding carboxylic acids is 1. The molecule has 0 saturated carbocycles. The number of hydrogen-bond acceptors (Lipinski definition) is 3. The van der Waals surface area contributed by atoms with Gasteiger partial charge in [-0.1, -0.05) is 5.92 Å². The first-order valence-corrected chi connectivity index (χ1v) is 4.66. The quantitative estimate of drug-likeness (QED) is 0.683. The van der Waals surface area contributed by atoms with Gasteiger partial charge in [-0.2, -0.15) is 0 Å². The zero-order valence-corrected chi connectivity index (χ0v) is 8.45. The lowest BCUT2D eigenvalue weighted by Crippen LogP contribution is -2.39. The molecule has 1 aliphatic heterocycles. The van der Waals surface area contributed by atoms with Gasteiger partial charge in [-0.05, 0) is 19.1 Å². The summed E-state index contributed by atoms with van der Waals surface area (Å²) in [6.45, 7) is 2.58. The first-order chi connectivity index (χ1) is 7.20. The molecule has 0 bridgehead atoms. The number of hydrogen-bond donors (Lipinski definition) is 1. The molecule has 2 heterocycles. The van der Waals surface area contributed by atoms with Crippen LogP contribution >= 0.6 is 0 Å². The number of anilines is 2. The van der Waals surface area contributed by atoms with Crippen LogP contribution in [0.25, 0.3) is 0 Å². The highest BCUT2D eigenvalue weighted by Crippen LogP contribution is 2.26. The predicted octanol–water partition coefficient (Wildman–Crippen LogP) is 0.782. The van der Waals surface area contributed by atoms with Crippen LogP contribution in [-0.4, -0.2) is 24.0 Å². The van der Waals surface area contributed by atoms with Gasteiger partial charge >= 0.3 is 0 Å². The third-order valence-corrected chi connectivity index (χ3v) is 2.20. The number of nitrogens with zero attached hydrogens (tertiary/aromatic N) is 2. The lowest BCUT2D eigenvalue weighted by molar-refractivity contribution is -0.115. The normalized spacial score (nSPS) is 14.1. The molecule has 0 unspecified atom stereocenters. The van der Waals surface area contributed by atoms with Gasteiger partial charge in [0.15, 0.2) is 5.82 Å². The van der Waals surface area contributed by atoms with Crippen molar-refractivity contribution in [1.82, 2.24) is 4.98 Å². The van der Waals surface area contributed by atoms with Gasteiger partial charge in [0.05, 0.1) is 18.8 Å². The molecule has 4 nitrogen and oxygen atoms in total. The molecule has 0 aromatic carbocycles. The van der Waals surface area contributed by atoms with E-state index >= 15 is 0 Å². The Bertz CT molecular complexity index is 448. The summed E-state index contributed by atoms with van der Waals surface area (Å²) in [4.78, 5) is 17.5. The van der Waals surface area contributed by atoms with Crippen LogP contribution < -0.4 is 10.2 Å². The van der Waals surface area contributed by atoms with Gasteiger partial charge in [0.2, 0.25) is 5.91 Å². The minimum absolute atomic E-state index is 0.0524. The van der Waals surface area contributed by atoms with Crippen molar-refractivity contribution in [1.29, 1.82) is 0 Å². The van der Waals surface area contributed by atoms with Crippen molar-refractivity contribution in [2.45, 2.75) is 6.92 Å². The van der Waals surface area contributed by atoms with Crippen LogP contribution in [0.3, 0.4) is 0 Å². The summed E-state index contributed by atoms with van der Waals surface area (Å²) >= 11 is 0. The Hall–Kier alpha value is -2.02. The molecule has 76 valence electrons. The SMILES string of the molecule is C#CCN1CC(=O)Nc2ccc(C)nc21. The van der Waals surface area contributed by atoms with Crippen LogP contribution in [0.4, 0.5) is 11.5 Å². The number of rotatable bonds is 1.